The van der Waals surface area contributed by atoms with Gasteiger partial charge in [-0.3, -0.25) is 0 Å². The van der Waals surface area contributed by atoms with E-state index in [0.29, 0.717) is 35.8 Å². The highest BCUT2D eigenvalue weighted by molar-refractivity contribution is 5.99. The van der Waals surface area contributed by atoms with Crippen LogP contribution in [0.2, 0.25) is 0 Å². The first kappa shape index (κ1) is 17.3. The molecular formula is C17H21F2N5O. The van der Waals surface area contributed by atoms with E-state index in [4.69, 9.17) is 5.21 Å². The molecule has 0 saturated heterocycles. The number of pyridine rings is 1. The molecule has 2 N–H and O–H groups in total. The molecule has 2 aromatic rings. The van der Waals surface area contributed by atoms with Crippen LogP contribution >= 0.6 is 0 Å². The second kappa shape index (κ2) is 6.78. The summed E-state index contributed by atoms with van der Waals surface area (Å²) in [7, 11) is 0. The summed E-state index contributed by atoms with van der Waals surface area (Å²) in [6, 6.07) is 5.32. The van der Waals surface area contributed by atoms with E-state index in [0.717, 1.165) is 5.69 Å². The second-order valence-corrected chi connectivity index (χ2v) is 6.46. The molecule has 0 aromatic carbocycles. The van der Waals surface area contributed by atoms with Gasteiger partial charge in [0.05, 0.1) is 11.4 Å². The van der Waals surface area contributed by atoms with E-state index in [2.05, 4.69) is 20.6 Å². The first-order valence-electron chi connectivity index (χ1n) is 8.24. The van der Waals surface area contributed by atoms with E-state index >= 15 is 0 Å². The standard InChI is InChI=1S/C17H21F2N5O/c1-11-5-8-24(22-11)16-10-13(12(2)23-25)9-15(21-16)20-14-3-6-17(18,19)7-4-14/h5,8-10,14,25H,3-4,6-7H2,1-2H3,(H,20,21)/b23-12-. The van der Waals surface area contributed by atoms with Gasteiger partial charge < -0.3 is 10.5 Å². The molecule has 1 fully saturated rings. The lowest BCUT2D eigenvalue weighted by Gasteiger charge is -2.29. The van der Waals surface area contributed by atoms with Crippen molar-refractivity contribution < 1.29 is 14.0 Å². The molecule has 0 aliphatic heterocycles. The summed E-state index contributed by atoms with van der Waals surface area (Å²) in [5.41, 5.74) is 1.97. The third-order valence-corrected chi connectivity index (χ3v) is 4.41. The summed E-state index contributed by atoms with van der Waals surface area (Å²) < 4.78 is 28.3. The Hall–Kier alpha value is -2.51. The zero-order valence-corrected chi connectivity index (χ0v) is 14.2. The summed E-state index contributed by atoms with van der Waals surface area (Å²) in [5, 5.41) is 19.9. The molecule has 1 aliphatic rings. The summed E-state index contributed by atoms with van der Waals surface area (Å²) in [5.74, 6) is -1.44. The molecule has 0 amide bonds. The Morgan fingerprint density at radius 3 is 2.68 bits per heavy atom. The second-order valence-electron chi connectivity index (χ2n) is 6.46. The maximum Gasteiger partial charge on any atom is 0.248 e. The van der Waals surface area contributed by atoms with Gasteiger partial charge in [-0.1, -0.05) is 5.16 Å². The minimum absolute atomic E-state index is 0.0547. The number of hydrogen-bond donors (Lipinski definition) is 2. The number of anilines is 1. The maximum absolute atomic E-state index is 13.3. The first-order chi connectivity index (χ1) is 11.9. The van der Waals surface area contributed by atoms with Crippen LogP contribution in [0.15, 0.2) is 29.6 Å². The van der Waals surface area contributed by atoms with Crippen LogP contribution in [0.25, 0.3) is 5.82 Å². The zero-order chi connectivity index (χ0) is 18.0. The fourth-order valence-electron chi connectivity index (χ4n) is 2.91. The monoisotopic (exact) mass is 349 g/mol. The highest BCUT2D eigenvalue weighted by atomic mass is 19.3. The van der Waals surface area contributed by atoms with Gasteiger partial charge in [0.15, 0.2) is 5.82 Å². The molecule has 134 valence electrons. The average Bonchev–Trinajstić information content (AvgIpc) is 3.02. The maximum atomic E-state index is 13.3. The Balaban J connectivity index is 1.87. The van der Waals surface area contributed by atoms with Gasteiger partial charge in [-0.05, 0) is 44.9 Å². The molecule has 0 spiro atoms. The van der Waals surface area contributed by atoms with Crippen molar-refractivity contribution in [2.75, 3.05) is 5.32 Å². The van der Waals surface area contributed by atoms with Gasteiger partial charge in [0, 0.05) is 30.6 Å². The Labute approximate surface area is 144 Å². The Morgan fingerprint density at radius 2 is 2.08 bits per heavy atom. The number of aryl methyl sites for hydroxylation is 1. The summed E-state index contributed by atoms with van der Waals surface area (Å²) in [4.78, 5) is 4.53. The molecule has 0 unspecified atom stereocenters. The van der Waals surface area contributed by atoms with Gasteiger partial charge in [0.2, 0.25) is 5.92 Å². The van der Waals surface area contributed by atoms with E-state index in [-0.39, 0.29) is 18.9 Å². The van der Waals surface area contributed by atoms with E-state index in [9.17, 15) is 8.78 Å². The molecule has 2 aromatic heterocycles. The lowest BCUT2D eigenvalue weighted by atomic mass is 9.92. The fraction of sp³-hybridized carbons (Fsp3) is 0.471. The van der Waals surface area contributed by atoms with Crippen LogP contribution in [0.1, 0.15) is 43.9 Å². The van der Waals surface area contributed by atoms with Crippen LogP contribution in [0.4, 0.5) is 14.6 Å². The smallest absolute Gasteiger partial charge is 0.248 e. The van der Waals surface area contributed by atoms with Crippen LogP contribution in [0.5, 0.6) is 0 Å². The van der Waals surface area contributed by atoms with Gasteiger partial charge >= 0.3 is 0 Å². The number of oxime groups is 1. The normalized spacial score (nSPS) is 18.3. The van der Waals surface area contributed by atoms with Crippen molar-refractivity contribution in [2.24, 2.45) is 5.16 Å². The largest absolute Gasteiger partial charge is 0.411 e. The SMILES string of the molecule is C/C(=N/O)c1cc(NC2CCC(F)(F)CC2)nc(-n2ccc(C)n2)c1. The van der Waals surface area contributed by atoms with E-state index in [1.165, 1.54) is 0 Å². The topological polar surface area (TPSA) is 75.3 Å². The predicted molar refractivity (Wildman–Crippen MR) is 90.9 cm³/mol. The van der Waals surface area contributed by atoms with Crippen LogP contribution in [-0.4, -0.2) is 37.6 Å². The third-order valence-electron chi connectivity index (χ3n) is 4.41. The number of nitrogens with zero attached hydrogens (tertiary/aromatic N) is 4. The summed E-state index contributed by atoms with van der Waals surface area (Å²) in [6.45, 7) is 3.56. The van der Waals surface area contributed by atoms with Gasteiger partial charge in [0.1, 0.15) is 5.82 Å². The number of halogens is 2. The van der Waals surface area contributed by atoms with Gasteiger partial charge in [-0.2, -0.15) is 5.10 Å². The first-order valence-corrected chi connectivity index (χ1v) is 8.24. The Kier molecular flexibility index (Phi) is 4.69. The van der Waals surface area contributed by atoms with Crippen molar-refractivity contribution in [3.8, 4) is 5.82 Å². The van der Waals surface area contributed by atoms with Crippen LogP contribution < -0.4 is 5.32 Å². The molecule has 2 heterocycles. The summed E-state index contributed by atoms with van der Waals surface area (Å²) in [6.07, 6.45) is 2.33. The van der Waals surface area contributed by atoms with E-state index in [1.54, 1.807) is 29.9 Å². The summed E-state index contributed by atoms with van der Waals surface area (Å²) >= 11 is 0. The number of rotatable bonds is 4. The van der Waals surface area contributed by atoms with Crippen LogP contribution in [0, 0.1) is 6.92 Å². The molecule has 3 rings (SSSR count). The van der Waals surface area contributed by atoms with Crippen molar-refractivity contribution in [2.45, 2.75) is 51.5 Å². The highest BCUT2D eigenvalue weighted by Crippen LogP contribution is 2.34. The molecule has 8 heteroatoms. The van der Waals surface area contributed by atoms with Crippen LogP contribution in [-0.2, 0) is 0 Å². The number of aromatic nitrogens is 3. The van der Waals surface area contributed by atoms with Gasteiger partial charge in [-0.25, -0.2) is 18.4 Å². The number of alkyl halides is 2. The molecular weight excluding hydrogens is 328 g/mol. The molecule has 1 aliphatic carbocycles. The van der Waals surface area contributed by atoms with Crippen molar-refractivity contribution in [1.82, 2.24) is 14.8 Å². The van der Waals surface area contributed by atoms with E-state index in [1.807, 2.05) is 13.0 Å². The Morgan fingerprint density at radius 1 is 1.36 bits per heavy atom. The van der Waals surface area contributed by atoms with Crippen molar-refractivity contribution in [3.05, 3.63) is 35.7 Å². The van der Waals surface area contributed by atoms with Crippen molar-refractivity contribution in [3.63, 3.8) is 0 Å². The predicted octanol–water partition coefficient (Wildman–Crippen LogP) is 3.76. The minimum Gasteiger partial charge on any atom is -0.411 e. The zero-order valence-electron chi connectivity index (χ0n) is 14.2. The lowest BCUT2D eigenvalue weighted by Crippen LogP contribution is -2.32. The van der Waals surface area contributed by atoms with Crippen molar-refractivity contribution >= 4 is 11.5 Å². The molecule has 25 heavy (non-hydrogen) atoms. The van der Waals surface area contributed by atoms with E-state index < -0.39 is 5.92 Å². The molecule has 1 saturated carbocycles. The van der Waals surface area contributed by atoms with Crippen LogP contribution in [0.3, 0.4) is 0 Å². The molecule has 6 nitrogen and oxygen atoms in total. The quantitative estimate of drug-likeness (QED) is 0.501. The van der Waals surface area contributed by atoms with Gasteiger partial charge in [-0.15, -0.1) is 0 Å². The molecule has 0 atom stereocenters. The average molecular weight is 349 g/mol. The lowest BCUT2D eigenvalue weighted by molar-refractivity contribution is -0.0361. The third kappa shape index (κ3) is 4.12. The van der Waals surface area contributed by atoms with Crippen molar-refractivity contribution in [1.29, 1.82) is 0 Å². The molecule has 0 radical (unpaired) electrons. The highest BCUT2D eigenvalue weighted by Gasteiger charge is 2.35. The van der Waals surface area contributed by atoms with Gasteiger partial charge in [0.25, 0.3) is 0 Å². The fourth-order valence-corrected chi connectivity index (χ4v) is 2.91. The molecule has 0 bridgehead atoms. The minimum atomic E-state index is -2.56. The number of hydrogen-bond acceptors (Lipinski definition) is 5. The number of nitrogens with one attached hydrogen (secondary N) is 1. The Bertz CT molecular complexity index is 777.